The van der Waals surface area contributed by atoms with Gasteiger partial charge >= 0.3 is 20.4 Å². The molecule has 0 bridgehead atoms. The molecule has 126 valence electrons. The molecule has 14 heteroatoms. The number of halogens is 10. The largest absolute Gasteiger partial charge is 0.311 e. The topological polar surface area (TPSA) is 47.6 Å². The number of rotatable bonds is 2. The van der Waals surface area contributed by atoms with Gasteiger partial charge in [0.1, 0.15) is 21.9 Å². The van der Waals surface area contributed by atoms with Gasteiger partial charge in [-0.3, -0.25) is 0 Å². The van der Waals surface area contributed by atoms with E-state index < -0.39 is 53.5 Å². The number of hydrogen-bond donors (Lipinski definition) is 0. The first-order valence-electron chi connectivity index (χ1n) is 4.55. The quantitative estimate of drug-likeness (QED) is 0.533. The van der Waals surface area contributed by atoms with Crippen molar-refractivity contribution in [2.75, 3.05) is 0 Å². The average Bonchev–Trinajstić information content (AvgIpc) is 2.20. The van der Waals surface area contributed by atoms with E-state index in [4.69, 9.17) is 10.5 Å². The lowest BCUT2D eigenvalue weighted by Crippen LogP contribution is -2.13. The molecule has 0 saturated carbocycles. The summed E-state index contributed by atoms with van der Waals surface area (Å²) in [6.45, 7) is 0. The van der Waals surface area contributed by atoms with Crippen LogP contribution >= 0.6 is 20.4 Å². The molecule has 1 rings (SSSR count). The zero-order chi connectivity index (χ0) is 18.0. The molecule has 1 aromatic carbocycles. The Morgan fingerprint density at radius 3 is 1.41 bits per heavy atom. The van der Waals surface area contributed by atoms with Gasteiger partial charge < -0.3 is 0 Å². The summed E-state index contributed by atoms with van der Waals surface area (Å²) in [6, 6.07) is -1.24. The van der Waals surface area contributed by atoms with Crippen molar-refractivity contribution >= 4 is 20.4 Å². The molecule has 0 radical (unpaired) electrons. The summed E-state index contributed by atoms with van der Waals surface area (Å²) in [5.41, 5.74) is -4.05. The SMILES string of the molecule is N#Cc1cc(S(F)(F)(F)(F)F)cc(S(F)(F)(F)(F)F)c1C#N. The molecule has 0 unspecified atom stereocenters. The highest BCUT2D eigenvalue weighted by Gasteiger charge is 2.70. The van der Waals surface area contributed by atoms with Crippen LogP contribution in [0.5, 0.6) is 0 Å². The van der Waals surface area contributed by atoms with Crippen molar-refractivity contribution in [3.8, 4) is 12.1 Å². The number of nitriles is 2. The van der Waals surface area contributed by atoms with Gasteiger partial charge in [0.25, 0.3) is 0 Å². The van der Waals surface area contributed by atoms with Gasteiger partial charge in [0.15, 0.2) is 0 Å². The van der Waals surface area contributed by atoms with Crippen LogP contribution in [0.4, 0.5) is 38.9 Å². The molecule has 22 heavy (non-hydrogen) atoms. The maximum Gasteiger partial charge on any atom is 0.311 e. The summed E-state index contributed by atoms with van der Waals surface area (Å²) >= 11 is 0. The molecule has 0 aliphatic carbocycles. The third-order valence-electron chi connectivity index (χ3n) is 2.17. The van der Waals surface area contributed by atoms with Crippen molar-refractivity contribution in [3.05, 3.63) is 23.3 Å². The molecule has 0 amide bonds. The molecule has 0 N–H and O–H groups in total. The summed E-state index contributed by atoms with van der Waals surface area (Å²) < 4.78 is 126. The van der Waals surface area contributed by atoms with Gasteiger partial charge in [-0.2, -0.15) is 10.5 Å². The van der Waals surface area contributed by atoms with Crippen molar-refractivity contribution in [1.82, 2.24) is 0 Å². The Hall–Kier alpha value is -1.80. The Kier molecular flexibility index (Phi) is 2.70. The van der Waals surface area contributed by atoms with Crippen molar-refractivity contribution in [2.45, 2.75) is 9.79 Å². The minimum Gasteiger partial charge on any atom is -0.192 e. The van der Waals surface area contributed by atoms with Gasteiger partial charge in [-0.05, 0) is 12.1 Å². The summed E-state index contributed by atoms with van der Waals surface area (Å²) in [5, 5.41) is 16.7. The summed E-state index contributed by atoms with van der Waals surface area (Å²) in [7, 11) is -21.7. The zero-order valence-electron chi connectivity index (χ0n) is 9.65. The van der Waals surface area contributed by atoms with Crippen molar-refractivity contribution in [3.63, 3.8) is 0 Å². The second-order valence-electron chi connectivity index (χ2n) is 4.01. The lowest BCUT2D eigenvalue weighted by molar-refractivity contribution is 0.360. The molecule has 0 saturated heterocycles. The van der Waals surface area contributed by atoms with Crippen LogP contribution in [0.2, 0.25) is 0 Å². The smallest absolute Gasteiger partial charge is 0.192 e. The second-order valence-corrected chi connectivity index (χ2v) is 8.79. The van der Waals surface area contributed by atoms with Gasteiger partial charge in [-0.15, -0.1) is 0 Å². The van der Waals surface area contributed by atoms with Gasteiger partial charge in [-0.1, -0.05) is 38.9 Å². The minimum absolute atomic E-state index is 0.484. The highest BCUT2D eigenvalue weighted by Crippen LogP contribution is 3.05. The van der Waals surface area contributed by atoms with Crippen LogP contribution in [0.1, 0.15) is 11.1 Å². The fraction of sp³-hybridized carbons (Fsp3) is 0. The van der Waals surface area contributed by atoms with E-state index in [2.05, 4.69) is 0 Å². The Balaban J connectivity index is 4.17. The monoisotopic (exact) mass is 380 g/mol. The minimum atomic E-state index is -10.9. The van der Waals surface area contributed by atoms with E-state index in [1.807, 2.05) is 0 Å². The van der Waals surface area contributed by atoms with Gasteiger partial charge in [0.2, 0.25) is 0 Å². The van der Waals surface area contributed by atoms with Crippen molar-refractivity contribution in [1.29, 1.82) is 10.5 Å². The molecule has 0 aliphatic rings. The molecule has 0 atom stereocenters. The summed E-state index contributed by atoms with van der Waals surface area (Å²) in [4.78, 5) is -6.82. The lowest BCUT2D eigenvalue weighted by Gasteiger charge is -2.44. The molecule has 0 heterocycles. The van der Waals surface area contributed by atoms with E-state index in [-0.39, 0.29) is 0 Å². The number of nitrogens with zero attached hydrogens (tertiary/aromatic N) is 2. The molecule has 0 spiro atoms. The first-order chi connectivity index (χ1) is 9.08. The Morgan fingerprint density at radius 2 is 1.14 bits per heavy atom. The maximum atomic E-state index is 12.7. The van der Waals surface area contributed by atoms with E-state index >= 15 is 0 Å². The van der Waals surface area contributed by atoms with Crippen molar-refractivity contribution in [2.24, 2.45) is 0 Å². The first-order valence-corrected chi connectivity index (χ1v) is 8.46. The fourth-order valence-electron chi connectivity index (χ4n) is 1.32. The normalized spacial score (nSPS) is 18.9. The third-order valence-corrected chi connectivity index (χ3v) is 4.45. The van der Waals surface area contributed by atoms with Crippen LogP contribution in [0.15, 0.2) is 21.9 Å². The molecular weight excluding hydrogens is 378 g/mol. The Labute approximate surface area is 116 Å². The van der Waals surface area contributed by atoms with Crippen LogP contribution < -0.4 is 0 Å². The predicted octanol–water partition coefficient (Wildman–Crippen LogP) is 6.74. The zero-order valence-corrected chi connectivity index (χ0v) is 11.3. The van der Waals surface area contributed by atoms with Crippen LogP contribution in [0.25, 0.3) is 0 Å². The van der Waals surface area contributed by atoms with Crippen LogP contribution in [-0.2, 0) is 0 Å². The van der Waals surface area contributed by atoms with Gasteiger partial charge in [-0.25, -0.2) is 0 Å². The standard InChI is InChI=1S/C8H2F10N2S2/c9-21(10,11,12,13)6-1-5(3-19)7(4-20)8(2-6)22(14,15,16,17)18/h1-2H. The molecule has 0 aliphatic heterocycles. The van der Waals surface area contributed by atoms with E-state index in [1.54, 1.807) is 0 Å². The molecular formula is C8H2F10N2S2. The number of benzene rings is 1. The summed E-state index contributed by atoms with van der Waals surface area (Å²) in [5.74, 6) is 0. The average molecular weight is 380 g/mol. The van der Waals surface area contributed by atoms with Crippen LogP contribution in [0, 0.1) is 22.7 Å². The Morgan fingerprint density at radius 1 is 0.682 bits per heavy atom. The van der Waals surface area contributed by atoms with E-state index in [1.165, 1.54) is 0 Å². The highest BCUT2D eigenvalue weighted by molar-refractivity contribution is 8.46. The fourth-order valence-corrected chi connectivity index (χ4v) is 2.97. The number of hydrogen-bond acceptors (Lipinski definition) is 2. The van der Waals surface area contributed by atoms with E-state index in [9.17, 15) is 38.9 Å². The second kappa shape index (κ2) is 3.26. The molecule has 1 aromatic rings. The maximum absolute atomic E-state index is 12.7. The van der Waals surface area contributed by atoms with Crippen LogP contribution in [0.3, 0.4) is 0 Å². The van der Waals surface area contributed by atoms with Gasteiger partial charge in [0, 0.05) is 0 Å². The van der Waals surface area contributed by atoms with E-state index in [0.717, 1.165) is 0 Å². The first kappa shape index (κ1) is 18.2. The van der Waals surface area contributed by atoms with E-state index in [0.29, 0.717) is 12.1 Å². The molecule has 0 aromatic heterocycles. The predicted molar refractivity (Wildman–Crippen MR) is 58.7 cm³/mol. The third kappa shape index (κ3) is 3.69. The van der Waals surface area contributed by atoms with Crippen LogP contribution in [-0.4, -0.2) is 0 Å². The summed E-state index contributed by atoms with van der Waals surface area (Å²) in [6.07, 6.45) is 0. The molecule has 2 nitrogen and oxygen atoms in total. The lowest BCUT2D eigenvalue weighted by atomic mass is 10.1. The Bertz CT molecular complexity index is 763. The van der Waals surface area contributed by atoms with Gasteiger partial charge in [0.05, 0.1) is 11.1 Å². The molecule has 0 fully saturated rings. The highest BCUT2D eigenvalue weighted by atomic mass is 32.5. The van der Waals surface area contributed by atoms with Crippen molar-refractivity contribution < 1.29 is 38.9 Å².